The molecule has 0 aliphatic carbocycles. The van der Waals surface area contributed by atoms with Gasteiger partial charge in [-0.2, -0.15) is 0 Å². The molecule has 1 aromatic rings. The van der Waals surface area contributed by atoms with Crippen molar-refractivity contribution in [3.63, 3.8) is 0 Å². The normalized spacial score (nSPS) is 10.7. The fourth-order valence-corrected chi connectivity index (χ4v) is 2.23. The third-order valence-electron chi connectivity index (χ3n) is 2.98. The van der Waals surface area contributed by atoms with Crippen LogP contribution in [0.25, 0.3) is 0 Å². The number of halogens is 2. The number of hydrogen-bond acceptors (Lipinski definition) is 3. The van der Waals surface area contributed by atoms with Crippen LogP contribution in [0.4, 0.5) is 0 Å². The second-order valence-electron chi connectivity index (χ2n) is 4.74. The average molecular weight is 513 g/mol. The van der Waals surface area contributed by atoms with Gasteiger partial charge in [0.15, 0.2) is 5.96 Å². The number of carbonyl (C=O) groups excluding carboxylic acids is 1. The molecule has 0 aromatic heterocycles. The Morgan fingerprint density at radius 3 is 2.58 bits per heavy atom. The largest absolute Gasteiger partial charge is 0.380 e. The van der Waals surface area contributed by atoms with Crippen LogP contribution in [0.1, 0.15) is 23.7 Å². The highest BCUT2D eigenvalue weighted by Crippen LogP contribution is 2.11. The van der Waals surface area contributed by atoms with E-state index in [0.717, 1.165) is 23.4 Å². The minimum absolute atomic E-state index is 0. The summed E-state index contributed by atoms with van der Waals surface area (Å²) in [5, 5.41) is 9.25. The first-order chi connectivity index (χ1) is 11.2. The van der Waals surface area contributed by atoms with Crippen molar-refractivity contribution in [3.05, 3.63) is 34.3 Å². The Kier molecular flexibility index (Phi) is 13.9. The molecule has 1 amide bonds. The SMILES string of the molecule is CCOCCNC(=NC)NCCCNC(=O)c1cccc(Br)c1.I. The maximum atomic E-state index is 12.0. The van der Waals surface area contributed by atoms with Crippen LogP contribution in [0.2, 0.25) is 0 Å². The number of nitrogens with one attached hydrogen (secondary N) is 3. The lowest BCUT2D eigenvalue weighted by Crippen LogP contribution is -2.40. The maximum absolute atomic E-state index is 12.0. The van der Waals surface area contributed by atoms with Gasteiger partial charge in [0.1, 0.15) is 0 Å². The molecule has 0 radical (unpaired) electrons. The van der Waals surface area contributed by atoms with Crippen LogP contribution >= 0.6 is 39.9 Å². The van der Waals surface area contributed by atoms with E-state index in [1.807, 2.05) is 19.1 Å². The molecule has 0 aliphatic rings. The number of guanidine groups is 1. The zero-order chi connectivity index (χ0) is 16.9. The van der Waals surface area contributed by atoms with Crippen molar-refractivity contribution in [2.24, 2.45) is 4.99 Å². The number of carbonyl (C=O) groups is 1. The molecule has 8 heteroatoms. The Hall–Kier alpha value is -0.870. The van der Waals surface area contributed by atoms with Crippen LogP contribution in [-0.2, 0) is 4.74 Å². The summed E-state index contributed by atoms with van der Waals surface area (Å²) in [4.78, 5) is 16.1. The lowest BCUT2D eigenvalue weighted by Gasteiger charge is -2.12. The number of amides is 1. The number of hydrogen-bond donors (Lipinski definition) is 3. The van der Waals surface area contributed by atoms with Crippen molar-refractivity contribution in [2.45, 2.75) is 13.3 Å². The molecule has 0 atom stereocenters. The molecule has 1 rings (SSSR count). The molecule has 0 fully saturated rings. The second kappa shape index (κ2) is 14.5. The van der Waals surface area contributed by atoms with Crippen LogP contribution in [-0.4, -0.2) is 51.8 Å². The smallest absolute Gasteiger partial charge is 0.251 e. The van der Waals surface area contributed by atoms with Crippen molar-refractivity contribution in [2.75, 3.05) is 39.9 Å². The van der Waals surface area contributed by atoms with Gasteiger partial charge >= 0.3 is 0 Å². The van der Waals surface area contributed by atoms with Crippen molar-refractivity contribution in [1.82, 2.24) is 16.0 Å². The Balaban J connectivity index is 0.00000529. The molecule has 1 aromatic carbocycles. The summed E-state index contributed by atoms with van der Waals surface area (Å²) in [5.41, 5.74) is 0.653. The summed E-state index contributed by atoms with van der Waals surface area (Å²) in [7, 11) is 1.73. The van der Waals surface area contributed by atoms with E-state index >= 15 is 0 Å². The minimum atomic E-state index is -0.0643. The molecule has 24 heavy (non-hydrogen) atoms. The van der Waals surface area contributed by atoms with Crippen LogP contribution in [0, 0.1) is 0 Å². The highest BCUT2D eigenvalue weighted by Gasteiger charge is 2.04. The van der Waals surface area contributed by atoms with Gasteiger partial charge in [-0.25, -0.2) is 0 Å². The Labute approximate surface area is 169 Å². The Morgan fingerprint density at radius 1 is 1.21 bits per heavy atom. The van der Waals surface area contributed by atoms with Crippen LogP contribution < -0.4 is 16.0 Å². The van der Waals surface area contributed by atoms with E-state index in [1.54, 1.807) is 19.2 Å². The molecule has 0 saturated carbocycles. The molecule has 6 nitrogen and oxygen atoms in total. The first-order valence-electron chi connectivity index (χ1n) is 7.73. The lowest BCUT2D eigenvalue weighted by molar-refractivity contribution is 0.0953. The van der Waals surface area contributed by atoms with E-state index in [2.05, 4.69) is 36.9 Å². The average Bonchev–Trinajstić information content (AvgIpc) is 2.56. The summed E-state index contributed by atoms with van der Waals surface area (Å²) in [6, 6.07) is 7.34. The van der Waals surface area contributed by atoms with E-state index in [1.165, 1.54) is 0 Å². The van der Waals surface area contributed by atoms with Gasteiger partial charge in [-0.1, -0.05) is 22.0 Å². The molecule has 0 bridgehead atoms. The van der Waals surface area contributed by atoms with E-state index in [-0.39, 0.29) is 29.9 Å². The van der Waals surface area contributed by atoms with Crippen molar-refractivity contribution in [3.8, 4) is 0 Å². The van der Waals surface area contributed by atoms with Gasteiger partial charge in [-0.15, -0.1) is 24.0 Å². The third kappa shape index (κ3) is 10.1. The fraction of sp³-hybridized carbons (Fsp3) is 0.500. The minimum Gasteiger partial charge on any atom is -0.380 e. The lowest BCUT2D eigenvalue weighted by atomic mass is 10.2. The number of rotatable bonds is 9. The van der Waals surface area contributed by atoms with Crippen molar-refractivity contribution < 1.29 is 9.53 Å². The van der Waals surface area contributed by atoms with E-state index < -0.39 is 0 Å². The molecule has 0 unspecified atom stereocenters. The van der Waals surface area contributed by atoms with Gasteiger partial charge in [0.05, 0.1) is 6.61 Å². The van der Waals surface area contributed by atoms with E-state index in [0.29, 0.717) is 31.9 Å². The Morgan fingerprint density at radius 2 is 1.92 bits per heavy atom. The molecular formula is C16H26BrIN4O2. The molecule has 0 heterocycles. The van der Waals surface area contributed by atoms with Gasteiger partial charge in [0.25, 0.3) is 5.91 Å². The molecular weight excluding hydrogens is 487 g/mol. The zero-order valence-electron chi connectivity index (χ0n) is 14.1. The summed E-state index contributed by atoms with van der Waals surface area (Å²) >= 11 is 3.36. The topological polar surface area (TPSA) is 74.8 Å². The van der Waals surface area contributed by atoms with Crippen molar-refractivity contribution >= 4 is 51.8 Å². The predicted molar refractivity (Wildman–Crippen MR) is 112 cm³/mol. The monoisotopic (exact) mass is 512 g/mol. The van der Waals surface area contributed by atoms with Crippen molar-refractivity contribution in [1.29, 1.82) is 0 Å². The molecule has 3 N–H and O–H groups in total. The van der Waals surface area contributed by atoms with E-state index in [9.17, 15) is 4.79 Å². The van der Waals surface area contributed by atoms with Gasteiger partial charge < -0.3 is 20.7 Å². The number of aliphatic imine (C=N–C) groups is 1. The van der Waals surface area contributed by atoms with Gasteiger partial charge in [-0.05, 0) is 31.5 Å². The van der Waals surface area contributed by atoms with Gasteiger partial charge in [-0.3, -0.25) is 9.79 Å². The first kappa shape index (κ1) is 23.1. The summed E-state index contributed by atoms with van der Waals surface area (Å²) in [6.07, 6.45) is 0.811. The highest BCUT2D eigenvalue weighted by atomic mass is 127. The first-order valence-corrected chi connectivity index (χ1v) is 8.52. The zero-order valence-corrected chi connectivity index (χ0v) is 18.0. The summed E-state index contributed by atoms with van der Waals surface area (Å²) in [6.45, 7) is 5.38. The van der Waals surface area contributed by atoms with Crippen LogP contribution in [0.3, 0.4) is 0 Å². The number of nitrogens with zero attached hydrogens (tertiary/aromatic N) is 1. The molecule has 0 saturated heterocycles. The number of ether oxygens (including phenoxy) is 1. The molecule has 136 valence electrons. The quantitative estimate of drug-likeness (QED) is 0.205. The predicted octanol–water partition coefficient (Wildman–Crippen LogP) is 2.39. The summed E-state index contributed by atoms with van der Waals surface area (Å²) < 4.78 is 6.15. The van der Waals surface area contributed by atoms with Gasteiger partial charge in [0.2, 0.25) is 0 Å². The standard InChI is InChI=1S/C16H25BrN4O2.HI/c1-3-23-11-10-21-16(18-2)20-9-5-8-19-15(22)13-6-4-7-14(17)12-13;/h4,6-7,12H,3,5,8-11H2,1-2H3,(H,19,22)(H2,18,20,21);1H. The Bertz CT molecular complexity index is 515. The maximum Gasteiger partial charge on any atom is 0.251 e. The van der Waals surface area contributed by atoms with E-state index in [4.69, 9.17) is 4.74 Å². The second-order valence-corrected chi connectivity index (χ2v) is 5.66. The summed E-state index contributed by atoms with van der Waals surface area (Å²) in [5.74, 6) is 0.675. The molecule has 0 aliphatic heterocycles. The third-order valence-corrected chi connectivity index (χ3v) is 3.48. The van der Waals surface area contributed by atoms with Crippen LogP contribution in [0.5, 0.6) is 0 Å². The molecule has 0 spiro atoms. The highest BCUT2D eigenvalue weighted by molar-refractivity contribution is 14.0. The number of benzene rings is 1. The van der Waals surface area contributed by atoms with Gasteiger partial charge in [0, 0.05) is 43.3 Å². The van der Waals surface area contributed by atoms with Crippen LogP contribution in [0.15, 0.2) is 33.7 Å². The fourth-order valence-electron chi connectivity index (χ4n) is 1.84.